The van der Waals surface area contributed by atoms with Crippen molar-refractivity contribution in [2.24, 2.45) is 5.73 Å². The smallest absolute Gasteiger partial charge is 0.161 e. The third-order valence-electron chi connectivity index (χ3n) is 3.68. The van der Waals surface area contributed by atoms with Crippen LogP contribution < -0.4 is 15.2 Å². The Bertz CT molecular complexity index is 761. The molecule has 0 radical (unpaired) electrons. The maximum Gasteiger partial charge on any atom is 0.161 e. The maximum atomic E-state index is 6.32. The molecule has 2 heterocycles. The van der Waals surface area contributed by atoms with Crippen molar-refractivity contribution in [2.45, 2.75) is 6.04 Å². The van der Waals surface area contributed by atoms with Gasteiger partial charge in [0.05, 0.1) is 6.04 Å². The van der Waals surface area contributed by atoms with Crippen LogP contribution in [-0.4, -0.2) is 13.2 Å². The third kappa shape index (κ3) is 2.14. The molecule has 2 aromatic carbocycles. The van der Waals surface area contributed by atoms with Crippen LogP contribution in [0.25, 0.3) is 11.0 Å². The number of para-hydroxylation sites is 1. The molecule has 0 fully saturated rings. The van der Waals surface area contributed by atoms with E-state index in [2.05, 4.69) is 0 Å². The van der Waals surface area contributed by atoms with Gasteiger partial charge in [-0.15, -0.1) is 0 Å². The summed E-state index contributed by atoms with van der Waals surface area (Å²) in [6.07, 6.45) is 0. The Morgan fingerprint density at radius 2 is 1.71 bits per heavy atom. The second kappa shape index (κ2) is 4.82. The second-order valence-corrected chi connectivity index (χ2v) is 5.07. The Hall–Kier alpha value is -2.46. The molecule has 1 atom stereocenters. The fourth-order valence-electron chi connectivity index (χ4n) is 2.57. The monoisotopic (exact) mass is 281 g/mol. The van der Waals surface area contributed by atoms with Crippen molar-refractivity contribution in [1.82, 2.24) is 0 Å². The van der Waals surface area contributed by atoms with Crippen LogP contribution in [0.5, 0.6) is 11.5 Å². The van der Waals surface area contributed by atoms with Gasteiger partial charge in [0, 0.05) is 5.39 Å². The van der Waals surface area contributed by atoms with Gasteiger partial charge in [-0.25, -0.2) is 0 Å². The molecule has 0 amide bonds. The number of fused-ring (bicyclic) bond motifs is 2. The van der Waals surface area contributed by atoms with E-state index in [4.69, 9.17) is 19.6 Å². The van der Waals surface area contributed by atoms with Gasteiger partial charge >= 0.3 is 0 Å². The minimum absolute atomic E-state index is 0.326. The van der Waals surface area contributed by atoms with Crippen molar-refractivity contribution >= 4 is 11.0 Å². The highest BCUT2D eigenvalue weighted by molar-refractivity contribution is 5.78. The van der Waals surface area contributed by atoms with Crippen LogP contribution in [0.2, 0.25) is 0 Å². The molecule has 0 bridgehead atoms. The standard InChI is InChI=1S/C17H15NO3/c18-17(16-9-11-3-1-2-4-13(11)21-16)12-5-6-14-15(10-12)20-8-7-19-14/h1-6,9-10,17H,7-8,18H2. The molecular formula is C17H15NO3. The normalized spacial score (nSPS) is 15.1. The first kappa shape index (κ1) is 12.3. The molecule has 0 saturated heterocycles. The van der Waals surface area contributed by atoms with Gasteiger partial charge in [-0.3, -0.25) is 0 Å². The Kier molecular flexibility index (Phi) is 2.82. The Labute approximate surface area is 122 Å². The highest BCUT2D eigenvalue weighted by Gasteiger charge is 2.18. The molecule has 2 N–H and O–H groups in total. The topological polar surface area (TPSA) is 57.6 Å². The Balaban J connectivity index is 1.71. The molecule has 0 aliphatic carbocycles. The molecule has 1 aliphatic heterocycles. The van der Waals surface area contributed by atoms with Crippen LogP contribution in [0, 0.1) is 0 Å². The Morgan fingerprint density at radius 3 is 2.57 bits per heavy atom. The molecule has 21 heavy (non-hydrogen) atoms. The van der Waals surface area contributed by atoms with E-state index in [1.54, 1.807) is 0 Å². The van der Waals surface area contributed by atoms with Crippen LogP contribution in [-0.2, 0) is 0 Å². The van der Waals surface area contributed by atoms with Gasteiger partial charge in [0.2, 0.25) is 0 Å². The van der Waals surface area contributed by atoms with Gasteiger partial charge in [-0.2, -0.15) is 0 Å². The van der Waals surface area contributed by atoms with Crippen molar-refractivity contribution in [3.8, 4) is 11.5 Å². The van der Waals surface area contributed by atoms with E-state index in [9.17, 15) is 0 Å². The fourth-order valence-corrected chi connectivity index (χ4v) is 2.57. The predicted octanol–water partition coefficient (Wildman–Crippen LogP) is 3.25. The molecule has 106 valence electrons. The number of ether oxygens (including phenoxy) is 2. The van der Waals surface area contributed by atoms with E-state index in [1.165, 1.54) is 0 Å². The van der Waals surface area contributed by atoms with Crippen molar-refractivity contribution in [3.63, 3.8) is 0 Å². The molecule has 1 aliphatic rings. The summed E-state index contributed by atoms with van der Waals surface area (Å²) in [4.78, 5) is 0. The minimum Gasteiger partial charge on any atom is -0.486 e. The summed E-state index contributed by atoms with van der Waals surface area (Å²) < 4.78 is 17.0. The molecule has 0 spiro atoms. The number of nitrogens with two attached hydrogens (primary N) is 1. The van der Waals surface area contributed by atoms with Gasteiger partial charge in [-0.05, 0) is 29.8 Å². The summed E-state index contributed by atoms with van der Waals surface area (Å²) in [5.74, 6) is 2.25. The van der Waals surface area contributed by atoms with Crippen LogP contribution in [0.1, 0.15) is 17.4 Å². The van der Waals surface area contributed by atoms with Gasteiger partial charge in [0.25, 0.3) is 0 Å². The van der Waals surface area contributed by atoms with Crippen LogP contribution in [0.4, 0.5) is 0 Å². The number of furan rings is 1. The molecule has 4 rings (SSSR count). The average molecular weight is 281 g/mol. The SMILES string of the molecule is NC(c1ccc2c(c1)OCCO2)c1cc2ccccc2o1. The highest BCUT2D eigenvalue weighted by atomic mass is 16.6. The van der Waals surface area contributed by atoms with Gasteiger partial charge in [-0.1, -0.05) is 24.3 Å². The lowest BCUT2D eigenvalue weighted by atomic mass is 10.0. The third-order valence-corrected chi connectivity index (χ3v) is 3.68. The van der Waals surface area contributed by atoms with Gasteiger partial charge in [0.1, 0.15) is 24.6 Å². The lowest BCUT2D eigenvalue weighted by molar-refractivity contribution is 0.171. The van der Waals surface area contributed by atoms with E-state index in [-0.39, 0.29) is 6.04 Å². The Morgan fingerprint density at radius 1 is 0.905 bits per heavy atom. The quantitative estimate of drug-likeness (QED) is 0.783. The fraction of sp³-hybridized carbons (Fsp3) is 0.176. The van der Waals surface area contributed by atoms with Crippen molar-refractivity contribution in [1.29, 1.82) is 0 Å². The van der Waals surface area contributed by atoms with E-state index >= 15 is 0 Å². The molecular weight excluding hydrogens is 266 g/mol. The number of hydrogen-bond acceptors (Lipinski definition) is 4. The number of rotatable bonds is 2. The first-order valence-corrected chi connectivity index (χ1v) is 6.95. The maximum absolute atomic E-state index is 6.32. The van der Waals surface area contributed by atoms with Crippen molar-refractivity contribution in [3.05, 3.63) is 59.9 Å². The first-order chi connectivity index (χ1) is 10.3. The van der Waals surface area contributed by atoms with E-state index in [1.807, 2.05) is 48.5 Å². The number of benzene rings is 2. The van der Waals surface area contributed by atoms with Crippen LogP contribution in [0.3, 0.4) is 0 Å². The molecule has 1 unspecified atom stereocenters. The zero-order chi connectivity index (χ0) is 14.2. The van der Waals surface area contributed by atoms with E-state index in [0.717, 1.165) is 33.8 Å². The summed E-state index contributed by atoms with van der Waals surface area (Å²) >= 11 is 0. The van der Waals surface area contributed by atoms with E-state index in [0.29, 0.717) is 13.2 Å². The van der Waals surface area contributed by atoms with Gasteiger partial charge in [0.15, 0.2) is 11.5 Å². The summed E-state index contributed by atoms with van der Waals surface area (Å²) in [6, 6.07) is 15.3. The average Bonchev–Trinajstić information content (AvgIpc) is 2.97. The van der Waals surface area contributed by atoms with Crippen LogP contribution >= 0.6 is 0 Å². The molecule has 3 aromatic rings. The lowest BCUT2D eigenvalue weighted by Gasteiger charge is -2.20. The first-order valence-electron chi connectivity index (χ1n) is 6.95. The zero-order valence-corrected chi connectivity index (χ0v) is 11.4. The highest BCUT2D eigenvalue weighted by Crippen LogP contribution is 2.34. The summed E-state index contributed by atoms with van der Waals surface area (Å²) in [6.45, 7) is 1.15. The molecule has 0 saturated carbocycles. The summed E-state index contributed by atoms with van der Waals surface area (Å²) in [7, 11) is 0. The number of hydrogen-bond donors (Lipinski definition) is 1. The summed E-state index contributed by atoms with van der Waals surface area (Å²) in [5.41, 5.74) is 8.11. The molecule has 1 aromatic heterocycles. The zero-order valence-electron chi connectivity index (χ0n) is 11.4. The molecule has 4 nitrogen and oxygen atoms in total. The van der Waals surface area contributed by atoms with Crippen LogP contribution in [0.15, 0.2) is 52.9 Å². The lowest BCUT2D eigenvalue weighted by Crippen LogP contribution is -2.17. The molecule has 4 heteroatoms. The van der Waals surface area contributed by atoms with Gasteiger partial charge < -0.3 is 19.6 Å². The van der Waals surface area contributed by atoms with E-state index < -0.39 is 0 Å². The van der Waals surface area contributed by atoms with Crippen molar-refractivity contribution < 1.29 is 13.9 Å². The van der Waals surface area contributed by atoms with Crippen molar-refractivity contribution in [2.75, 3.05) is 13.2 Å². The largest absolute Gasteiger partial charge is 0.486 e. The summed E-state index contributed by atoms with van der Waals surface area (Å²) in [5, 5.41) is 1.06. The predicted molar refractivity (Wildman–Crippen MR) is 79.7 cm³/mol. The second-order valence-electron chi connectivity index (χ2n) is 5.07. The minimum atomic E-state index is -0.326.